The molecule has 1 aliphatic heterocycles. The van der Waals surface area contributed by atoms with E-state index in [1.54, 1.807) is 11.7 Å². The van der Waals surface area contributed by atoms with Gasteiger partial charge in [-0.2, -0.15) is 5.10 Å². The van der Waals surface area contributed by atoms with E-state index in [2.05, 4.69) is 17.2 Å². The van der Waals surface area contributed by atoms with Crippen LogP contribution in [0.3, 0.4) is 0 Å². The van der Waals surface area contributed by atoms with Crippen LogP contribution >= 0.6 is 0 Å². The third kappa shape index (κ3) is 2.05. The van der Waals surface area contributed by atoms with Crippen LogP contribution in [0.5, 0.6) is 0 Å². The third-order valence-electron chi connectivity index (χ3n) is 3.87. The van der Waals surface area contributed by atoms with Crippen LogP contribution in [-0.2, 0) is 7.05 Å². The zero-order valence-electron chi connectivity index (χ0n) is 11.5. The molecule has 1 saturated heterocycles. The molecule has 1 fully saturated rings. The molecule has 3 rings (SSSR count). The van der Waals surface area contributed by atoms with Gasteiger partial charge in [0.1, 0.15) is 5.69 Å². The largest absolute Gasteiger partial charge is 0.396 e. The van der Waals surface area contributed by atoms with Gasteiger partial charge in [0.25, 0.3) is 5.91 Å². The van der Waals surface area contributed by atoms with Crippen LogP contribution in [0.2, 0.25) is 0 Å². The molecule has 1 unspecified atom stereocenters. The summed E-state index contributed by atoms with van der Waals surface area (Å²) < 4.78 is 1.55. The Balaban J connectivity index is 1.91. The van der Waals surface area contributed by atoms with Gasteiger partial charge < -0.3 is 10.6 Å². The number of benzene rings is 1. The number of carbonyl (C=O) groups excluding carboxylic acids is 1. The first-order chi connectivity index (χ1) is 9.68. The Morgan fingerprint density at radius 1 is 1.35 bits per heavy atom. The number of hydrogen-bond donors (Lipinski definition) is 1. The SMILES string of the molecule is Cn1ncc(N)c1C(=O)N1CCCC1c1ccccc1. The van der Waals surface area contributed by atoms with Crippen LogP contribution in [0.1, 0.15) is 34.9 Å². The lowest BCUT2D eigenvalue weighted by atomic mass is 10.0. The number of likely N-dealkylation sites (tertiary alicyclic amines) is 1. The summed E-state index contributed by atoms with van der Waals surface area (Å²) in [5.41, 5.74) is 7.96. The van der Waals surface area contributed by atoms with Gasteiger partial charge in [-0.05, 0) is 18.4 Å². The van der Waals surface area contributed by atoms with E-state index in [9.17, 15) is 4.79 Å². The number of rotatable bonds is 2. The molecular formula is C15H18N4O. The molecule has 0 spiro atoms. The summed E-state index contributed by atoms with van der Waals surface area (Å²) in [6.45, 7) is 0.767. The first-order valence-electron chi connectivity index (χ1n) is 6.82. The van der Waals surface area contributed by atoms with Crippen molar-refractivity contribution in [3.63, 3.8) is 0 Å². The highest BCUT2D eigenvalue weighted by Crippen LogP contribution is 2.33. The zero-order chi connectivity index (χ0) is 14.1. The van der Waals surface area contributed by atoms with Gasteiger partial charge in [-0.15, -0.1) is 0 Å². The molecule has 2 aromatic rings. The number of nitrogens with two attached hydrogens (primary N) is 1. The number of hydrogen-bond acceptors (Lipinski definition) is 3. The molecule has 0 saturated carbocycles. The van der Waals surface area contributed by atoms with Crippen molar-refractivity contribution < 1.29 is 4.79 Å². The molecule has 1 aromatic heterocycles. The topological polar surface area (TPSA) is 64.2 Å². The van der Waals surface area contributed by atoms with Gasteiger partial charge >= 0.3 is 0 Å². The molecule has 2 heterocycles. The van der Waals surface area contributed by atoms with Crippen molar-refractivity contribution in [3.05, 3.63) is 47.8 Å². The monoisotopic (exact) mass is 270 g/mol. The van der Waals surface area contributed by atoms with Crippen molar-refractivity contribution in [3.8, 4) is 0 Å². The Morgan fingerprint density at radius 3 is 2.75 bits per heavy atom. The van der Waals surface area contributed by atoms with Gasteiger partial charge in [0.15, 0.2) is 0 Å². The number of nitrogens with zero attached hydrogens (tertiary/aromatic N) is 3. The van der Waals surface area contributed by atoms with Crippen LogP contribution in [0, 0.1) is 0 Å². The van der Waals surface area contributed by atoms with Gasteiger partial charge in [-0.3, -0.25) is 9.48 Å². The van der Waals surface area contributed by atoms with Crippen LogP contribution in [0.25, 0.3) is 0 Å². The van der Waals surface area contributed by atoms with E-state index in [1.807, 2.05) is 23.1 Å². The molecular weight excluding hydrogens is 252 g/mol. The lowest BCUT2D eigenvalue weighted by molar-refractivity contribution is 0.0725. The van der Waals surface area contributed by atoms with E-state index in [4.69, 9.17) is 5.73 Å². The van der Waals surface area contributed by atoms with Gasteiger partial charge in [0.2, 0.25) is 0 Å². The minimum absolute atomic E-state index is 0.0335. The van der Waals surface area contributed by atoms with Crippen molar-refractivity contribution >= 4 is 11.6 Å². The Morgan fingerprint density at radius 2 is 2.10 bits per heavy atom. The fourth-order valence-corrected chi connectivity index (χ4v) is 2.88. The summed E-state index contributed by atoms with van der Waals surface area (Å²) in [6.07, 6.45) is 3.54. The van der Waals surface area contributed by atoms with Crippen LogP contribution in [0.4, 0.5) is 5.69 Å². The summed E-state index contributed by atoms with van der Waals surface area (Å²) in [6, 6.07) is 10.3. The highest BCUT2D eigenvalue weighted by Gasteiger charge is 2.32. The van der Waals surface area contributed by atoms with E-state index in [-0.39, 0.29) is 11.9 Å². The number of amides is 1. The predicted octanol–water partition coefficient (Wildman–Crippen LogP) is 1.98. The molecule has 20 heavy (non-hydrogen) atoms. The number of aromatic nitrogens is 2. The van der Waals surface area contributed by atoms with Crippen LogP contribution in [0.15, 0.2) is 36.5 Å². The maximum atomic E-state index is 12.7. The van der Waals surface area contributed by atoms with Crippen molar-refractivity contribution in [2.24, 2.45) is 7.05 Å². The van der Waals surface area contributed by atoms with E-state index in [0.29, 0.717) is 11.4 Å². The summed E-state index contributed by atoms with van der Waals surface area (Å²) >= 11 is 0. The standard InChI is InChI=1S/C15H18N4O/c1-18-14(12(16)10-17-18)15(20)19-9-5-8-13(19)11-6-3-2-4-7-11/h2-4,6-7,10,13H,5,8-9,16H2,1H3. The quantitative estimate of drug-likeness (QED) is 0.907. The lowest BCUT2D eigenvalue weighted by Crippen LogP contribution is -2.32. The van der Waals surface area contributed by atoms with Gasteiger partial charge in [0, 0.05) is 13.6 Å². The second kappa shape index (κ2) is 5.00. The van der Waals surface area contributed by atoms with Gasteiger partial charge in [-0.1, -0.05) is 30.3 Å². The fraction of sp³-hybridized carbons (Fsp3) is 0.333. The van der Waals surface area contributed by atoms with Gasteiger partial charge in [-0.25, -0.2) is 0 Å². The zero-order valence-corrected chi connectivity index (χ0v) is 11.5. The molecule has 1 amide bonds. The Labute approximate surface area is 118 Å². The van der Waals surface area contributed by atoms with Crippen molar-refractivity contribution in [1.29, 1.82) is 0 Å². The van der Waals surface area contributed by atoms with Crippen molar-refractivity contribution in [2.45, 2.75) is 18.9 Å². The normalized spacial score (nSPS) is 18.4. The van der Waals surface area contributed by atoms with E-state index < -0.39 is 0 Å². The molecule has 5 heteroatoms. The number of anilines is 1. The Bertz CT molecular complexity index is 601. The van der Waals surface area contributed by atoms with Gasteiger partial charge in [0.05, 0.1) is 17.9 Å². The van der Waals surface area contributed by atoms with Crippen LogP contribution in [-0.4, -0.2) is 27.1 Å². The van der Waals surface area contributed by atoms with Crippen molar-refractivity contribution in [1.82, 2.24) is 14.7 Å². The molecule has 1 aromatic carbocycles. The molecule has 0 bridgehead atoms. The molecule has 0 radical (unpaired) electrons. The molecule has 2 N–H and O–H groups in total. The molecule has 1 aliphatic rings. The third-order valence-corrected chi connectivity index (χ3v) is 3.87. The van der Waals surface area contributed by atoms with Crippen molar-refractivity contribution in [2.75, 3.05) is 12.3 Å². The lowest BCUT2D eigenvalue weighted by Gasteiger charge is -2.25. The van der Waals surface area contributed by atoms with E-state index >= 15 is 0 Å². The summed E-state index contributed by atoms with van der Waals surface area (Å²) in [4.78, 5) is 14.6. The predicted molar refractivity (Wildman–Crippen MR) is 77.1 cm³/mol. The maximum Gasteiger partial charge on any atom is 0.274 e. The molecule has 1 atom stereocenters. The summed E-state index contributed by atoms with van der Waals surface area (Å²) in [7, 11) is 1.75. The average Bonchev–Trinajstić information content (AvgIpc) is 3.07. The molecule has 104 valence electrons. The van der Waals surface area contributed by atoms with E-state index in [0.717, 1.165) is 19.4 Å². The Kier molecular flexibility index (Phi) is 3.18. The number of nitrogen functional groups attached to an aromatic ring is 1. The molecule has 5 nitrogen and oxygen atoms in total. The highest BCUT2D eigenvalue weighted by molar-refractivity contribution is 5.97. The fourth-order valence-electron chi connectivity index (χ4n) is 2.88. The number of carbonyl (C=O) groups is 1. The first-order valence-corrected chi connectivity index (χ1v) is 6.82. The Hall–Kier alpha value is -2.30. The summed E-state index contributed by atoms with van der Waals surface area (Å²) in [5.74, 6) is -0.0335. The second-order valence-corrected chi connectivity index (χ2v) is 5.14. The minimum Gasteiger partial charge on any atom is -0.396 e. The van der Waals surface area contributed by atoms with Crippen LogP contribution < -0.4 is 5.73 Å². The smallest absolute Gasteiger partial charge is 0.274 e. The summed E-state index contributed by atoms with van der Waals surface area (Å²) in [5, 5.41) is 4.05. The van der Waals surface area contributed by atoms with E-state index in [1.165, 1.54) is 11.8 Å². The molecule has 0 aliphatic carbocycles. The maximum absolute atomic E-state index is 12.7. The highest BCUT2D eigenvalue weighted by atomic mass is 16.2. The average molecular weight is 270 g/mol. The minimum atomic E-state index is -0.0335. The number of aryl methyl sites for hydroxylation is 1. The second-order valence-electron chi connectivity index (χ2n) is 5.14. The first kappa shape index (κ1) is 12.7.